The molecule has 1 atom stereocenters. The summed E-state index contributed by atoms with van der Waals surface area (Å²) in [5.41, 5.74) is 2.79. The maximum Gasteiger partial charge on any atom is 0.246 e. The molecule has 2 N–H and O–H groups in total. The number of benzene rings is 2. The van der Waals surface area contributed by atoms with E-state index in [1.165, 1.54) is 0 Å². The number of aliphatic hydroxyl groups excluding tert-OH is 1. The molecule has 3 rings (SSSR count). The summed E-state index contributed by atoms with van der Waals surface area (Å²) in [6.45, 7) is -0.548. The third kappa shape index (κ3) is 2.58. The number of fused-ring (bicyclic) bond motifs is 1. The van der Waals surface area contributed by atoms with Gasteiger partial charge in [-0.05, 0) is 17.7 Å². The Morgan fingerprint density at radius 2 is 1.86 bits per heavy atom. The molecule has 5 heteroatoms. The Hall–Kier alpha value is -2.66. The Morgan fingerprint density at radius 1 is 1.18 bits per heavy atom. The van der Waals surface area contributed by atoms with E-state index in [-0.39, 0.29) is 0 Å². The lowest BCUT2D eigenvalue weighted by atomic mass is 10.1. The summed E-state index contributed by atoms with van der Waals surface area (Å²) >= 11 is 0. The first-order valence-electron chi connectivity index (χ1n) is 7.07. The fourth-order valence-corrected chi connectivity index (χ4v) is 2.57. The lowest BCUT2D eigenvalue weighted by Crippen LogP contribution is -2.32. The SMILES string of the molecule is Cn1c(C(NC(=O)CO)c2ccccc2)nc2ccccc21. The second-order valence-corrected chi connectivity index (χ2v) is 5.09. The van der Waals surface area contributed by atoms with Crippen molar-refractivity contribution in [2.45, 2.75) is 6.04 Å². The molecule has 2 aromatic carbocycles. The highest BCUT2D eigenvalue weighted by Gasteiger charge is 2.22. The van der Waals surface area contributed by atoms with Crippen LogP contribution >= 0.6 is 0 Å². The summed E-state index contributed by atoms with van der Waals surface area (Å²) in [5.74, 6) is 0.301. The van der Waals surface area contributed by atoms with Crippen LogP contribution in [0.1, 0.15) is 17.4 Å². The summed E-state index contributed by atoms with van der Waals surface area (Å²) < 4.78 is 1.96. The predicted molar refractivity (Wildman–Crippen MR) is 84.2 cm³/mol. The maximum atomic E-state index is 11.7. The van der Waals surface area contributed by atoms with Gasteiger partial charge in [0.15, 0.2) is 0 Å². The highest BCUT2D eigenvalue weighted by atomic mass is 16.3. The van der Waals surface area contributed by atoms with Gasteiger partial charge in [-0.3, -0.25) is 4.79 Å². The number of nitrogens with one attached hydrogen (secondary N) is 1. The van der Waals surface area contributed by atoms with E-state index < -0.39 is 18.6 Å². The molecule has 0 aliphatic heterocycles. The smallest absolute Gasteiger partial charge is 0.246 e. The zero-order valence-corrected chi connectivity index (χ0v) is 12.2. The van der Waals surface area contributed by atoms with Gasteiger partial charge in [0.2, 0.25) is 5.91 Å². The van der Waals surface area contributed by atoms with Crippen molar-refractivity contribution >= 4 is 16.9 Å². The van der Waals surface area contributed by atoms with Crippen molar-refractivity contribution in [2.24, 2.45) is 7.05 Å². The van der Waals surface area contributed by atoms with Gasteiger partial charge in [-0.2, -0.15) is 0 Å². The lowest BCUT2D eigenvalue weighted by molar-refractivity contribution is -0.124. The van der Waals surface area contributed by atoms with Crippen LogP contribution in [0.2, 0.25) is 0 Å². The molecule has 22 heavy (non-hydrogen) atoms. The first kappa shape index (κ1) is 14.3. The van der Waals surface area contributed by atoms with Crippen molar-refractivity contribution in [3.05, 3.63) is 66.0 Å². The van der Waals surface area contributed by atoms with E-state index in [1.54, 1.807) is 0 Å². The third-order valence-electron chi connectivity index (χ3n) is 3.66. The number of carbonyl (C=O) groups is 1. The molecule has 1 heterocycles. The van der Waals surface area contributed by atoms with Crippen molar-refractivity contribution in [3.8, 4) is 0 Å². The molecule has 0 fully saturated rings. The van der Waals surface area contributed by atoms with Crippen molar-refractivity contribution in [1.82, 2.24) is 14.9 Å². The lowest BCUT2D eigenvalue weighted by Gasteiger charge is -2.18. The van der Waals surface area contributed by atoms with Gasteiger partial charge in [0.1, 0.15) is 18.5 Å². The van der Waals surface area contributed by atoms with Crippen LogP contribution in [0, 0.1) is 0 Å². The van der Waals surface area contributed by atoms with Crippen molar-refractivity contribution in [1.29, 1.82) is 0 Å². The van der Waals surface area contributed by atoms with Gasteiger partial charge < -0.3 is 15.0 Å². The molecule has 1 amide bonds. The van der Waals surface area contributed by atoms with E-state index >= 15 is 0 Å². The van der Waals surface area contributed by atoms with Gasteiger partial charge in [-0.1, -0.05) is 42.5 Å². The molecule has 3 aromatic rings. The summed E-state index contributed by atoms with van der Waals surface area (Å²) in [7, 11) is 1.92. The number of hydrogen-bond acceptors (Lipinski definition) is 3. The van der Waals surface area contributed by atoms with Crippen LogP contribution in [-0.2, 0) is 11.8 Å². The number of aromatic nitrogens is 2. The number of nitrogens with zero attached hydrogens (tertiary/aromatic N) is 2. The molecule has 0 saturated carbocycles. The Labute approximate surface area is 128 Å². The first-order chi connectivity index (χ1) is 10.7. The van der Waals surface area contributed by atoms with Crippen LogP contribution in [0.3, 0.4) is 0 Å². The largest absolute Gasteiger partial charge is 0.387 e. The second kappa shape index (κ2) is 5.99. The molecule has 0 bridgehead atoms. The summed E-state index contributed by atoms with van der Waals surface area (Å²) in [4.78, 5) is 16.3. The fraction of sp³-hybridized carbons (Fsp3) is 0.176. The average Bonchev–Trinajstić information content (AvgIpc) is 2.90. The summed E-state index contributed by atoms with van der Waals surface area (Å²) in [5, 5.41) is 11.9. The molecule has 0 spiro atoms. The van der Waals surface area contributed by atoms with Crippen LogP contribution < -0.4 is 5.32 Å². The molecule has 0 radical (unpaired) electrons. The monoisotopic (exact) mass is 295 g/mol. The summed E-state index contributed by atoms with van der Waals surface area (Å²) in [6, 6.07) is 17.0. The van der Waals surface area contributed by atoms with Gasteiger partial charge in [0.05, 0.1) is 11.0 Å². The zero-order valence-electron chi connectivity index (χ0n) is 12.2. The van der Waals surface area contributed by atoms with Gasteiger partial charge in [0, 0.05) is 7.05 Å². The topological polar surface area (TPSA) is 67.2 Å². The number of aryl methyl sites for hydroxylation is 1. The third-order valence-corrected chi connectivity index (χ3v) is 3.66. The zero-order chi connectivity index (χ0) is 15.5. The Kier molecular flexibility index (Phi) is 3.89. The van der Waals surface area contributed by atoms with E-state index in [4.69, 9.17) is 5.11 Å². The Bertz CT molecular complexity index is 796. The number of hydrogen-bond donors (Lipinski definition) is 2. The van der Waals surface area contributed by atoms with Crippen LogP contribution in [0.4, 0.5) is 0 Å². The molecule has 1 aromatic heterocycles. The van der Waals surface area contributed by atoms with Crippen molar-refractivity contribution in [3.63, 3.8) is 0 Å². The standard InChI is InChI=1S/C17H17N3O2/c1-20-14-10-6-5-9-13(14)18-17(20)16(19-15(22)11-21)12-7-3-2-4-8-12/h2-10,16,21H,11H2,1H3,(H,19,22). The maximum absolute atomic E-state index is 11.7. The minimum Gasteiger partial charge on any atom is -0.387 e. The molecular formula is C17H17N3O2. The highest BCUT2D eigenvalue weighted by Crippen LogP contribution is 2.24. The quantitative estimate of drug-likeness (QED) is 0.771. The molecule has 112 valence electrons. The van der Waals surface area contributed by atoms with Crippen LogP contribution in [-0.4, -0.2) is 27.2 Å². The van der Waals surface area contributed by atoms with Gasteiger partial charge >= 0.3 is 0 Å². The van der Waals surface area contributed by atoms with Crippen molar-refractivity contribution < 1.29 is 9.90 Å². The predicted octanol–water partition coefficient (Wildman–Crippen LogP) is 1.77. The van der Waals surface area contributed by atoms with Crippen molar-refractivity contribution in [2.75, 3.05) is 6.61 Å². The van der Waals surface area contributed by atoms with Crippen LogP contribution in [0.5, 0.6) is 0 Å². The van der Waals surface area contributed by atoms with Gasteiger partial charge in [-0.15, -0.1) is 0 Å². The minimum atomic E-state index is -0.548. The van der Waals surface area contributed by atoms with Crippen LogP contribution in [0.15, 0.2) is 54.6 Å². The second-order valence-electron chi connectivity index (χ2n) is 5.09. The van der Waals surface area contributed by atoms with E-state index in [0.29, 0.717) is 0 Å². The Balaban J connectivity index is 2.11. The summed E-state index contributed by atoms with van der Waals surface area (Å²) in [6.07, 6.45) is 0. The molecular weight excluding hydrogens is 278 g/mol. The number of amides is 1. The number of para-hydroxylation sites is 2. The van der Waals surface area contributed by atoms with E-state index in [1.807, 2.05) is 66.2 Å². The van der Waals surface area contributed by atoms with Gasteiger partial charge in [-0.25, -0.2) is 4.98 Å². The number of aliphatic hydroxyl groups is 1. The molecule has 5 nitrogen and oxygen atoms in total. The number of carbonyl (C=O) groups excluding carboxylic acids is 1. The fourth-order valence-electron chi connectivity index (χ4n) is 2.57. The molecule has 0 aliphatic carbocycles. The Morgan fingerprint density at radius 3 is 2.55 bits per heavy atom. The van der Waals surface area contributed by atoms with Gasteiger partial charge in [0.25, 0.3) is 0 Å². The number of rotatable bonds is 4. The molecule has 1 unspecified atom stereocenters. The molecule has 0 aliphatic rings. The first-order valence-corrected chi connectivity index (χ1v) is 7.07. The highest BCUT2D eigenvalue weighted by molar-refractivity contribution is 5.79. The molecule has 0 saturated heterocycles. The van der Waals surface area contributed by atoms with E-state index in [0.717, 1.165) is 22.4 Å². The van der Waals surface area contributed by atoms with E-state index in [9.17, 15) is 4.79 Å². The normalized spacial score (nSPS) is 12.3. The van der Waals surface area contributed by atoms with E-state index in [2.05, 4.69) is 10.3 Å². The average molecular weight is 295 g/mol. The van der Waals surface area contributed by atoms with Crippen LogP contribution in [0.25, 0.3) is 11.0 Å². The number of imidazole rings is 1. The minimum absolute atomic E-state index is 0.404.